The van der Waals surface area contributed by atoms with Crippen LogP contribution in [0.2, 0.25) is 0 Å². The third-order valence-corrected chi connectivity index (χ3v) is 4.96. The maximum Gasteiger partial charge on any atom is 0.315 e. The molecule has 0 bridgehead atoms. The first-order chi connectivity index (χ1) is 12.0. The molecular formula is C17H28N4O4. The second-order valence-electron chi connectivity index (χ2n) is 7.16. The van der Waals surface area contributed by atoms with Crippen molar-refractivity contribution in [2.45, 2.75) is 64.1 Å². The lowest BCUT2D eigenvalue weighted by molar-refractivity contribution is 0.0501. The van der Waals surface area contributed by atoms with Crippen LogP contribution in [0, 0.1) is 5.92 Å². The number of carbonyl (C=O) groups excluding carboxylic acids is 1. The van der Waals surface area contributed by atoms with Gasteiger partial charge in [-0.15, -0.1) is 0 Å². The zero-order valence-corrected chi connectivity index (χ0v) is 15.2. The van der Waals surface area contributed by atoms with Gasteiger partial charge in [0.25, 0.3) is 0 Å². The van der Waals surface area contributed by atoms with Gasteiger partial charge in [0.05, 0.1) is 12.1 Å². The minimum atomic E-state index is -0.304. The van der Waals surface area contributed by atoms with E-state index in [0.29, 0.717) is 31.5 Å². The van der Waals surface area contributed by atoms with Crippen molar-refractivity contribution < 1.29 is 18.8 Å². The summed E-state index contributed by atoms with van der Waals surface area (Å²) in [4.78, 5) is 17.0. The Hall–Kier alpha value is -1.67. The number of nitrogens with one attached hydrogen (secondary N) is 2. The molecule has 3 atom stereocenters. The molecule has 2 amide bonds. The summed E-state index contributed by atoms with van der Waals surface area (Å²) in [6, 6.07) is -0.492. The summed E-state index contributed by atoms with van der Waals surface area (Å²) in [5.74, 6) is 1.53. The van der Waals surface area contributed by atoms with E-state index in [0.717, 1.165) is 19.3 Å². The van der Waals surface area contributed by atoms with Crippen LogP contribution < -0.4 is 10.6 Å². The molecule has 2 fully saturated rings. The van der Waals surface area contributed by atoms with Crippen molar-refractivity contribution in [2.75, 3.05) is 19.8 Å². The van der Waals surface area contributed by atoms with E-state index in [9.17, 15) is 4.79 Å². The Labute approximate surface area is 148 Å². The zero-order chi connectivity index (χ0) is 17.8. The van der Waals surface area contributed by atoms with Gasteiger partial charge in [-0.25, -0.2) is 4.79 Å². The number of amides is 2. The third kappa shape index (κ3) is 4.49. The van der Waals surface area contributed by atoms with E-state index in [1.165, 1.54) is 0 Å². The monoisotopic (exact) mass is 352 g/mol. The summed E-state index contributed by atoms with van der Waals surface area (Å²) < 4.78 is 16.4. The van der Waals surface area contributed by atoms with Gasteiger partial charge < -0.3 is 24.6 Å². The van der Waals surface area contributed by atoms with Crippen LogP contribution in [-0.2, 0) is 9.47 Å². The maximum atomic E-state index is 12.5. The van der Waals surface area contributed by atoms with Gasteiger partial charge >= 0.3 is 6.03 Å². The van der Waals surface area contributed by atoms with Gasteiger partial charge in [-0.2, -0.15) is 4.98 Å². The van der Waals surface area contributed by atoms with Crippen molar-refractivity contribution >= 4 is 6.03 Å². The molecule has 0 aromatic carbocycles. The predicted octanol–water partition coefficient (Wildman–Crippen LogP) is 2.14. The van der Waals surface area contributed by atoms with Crippen molar-refractivity contribution in [1.29, 1.82) is 0 Å². The smallest absolute Gasteiger partial charge is 0.315 e. The molecule has 0 radical (unpaired) electrons. The first kappa shape index (κ1) is 18.1. The lowest BCUT2D eigenvalue weighted by Gasteiger charge is -2.29. The van der Waals surface area contributed by atoms with E-state index in [2.05, 4.69) is 20.8 Å². The number of hydrogen-bond donors (Lipinski definition) is 2. The molecule has 8 nitrogen and oxygen atoms in total. The largest absolute Gasteiger partial charge is 0.381 e. The molecule has 3 heterocycles. The fourth-order valence-electron chi connectivity index (χ4n) is 3.31. The van der Waals surface area contributed by atoms with E-state index in [4.69, 9.17) is 14.0 Å². The Balaban J connectivity index is 1.70. The molecule has 0 saturated carbocycles. The van der Waals surface area contributed by atoms with Crippen LogP contribution in [0.4, 0.5) is 4.79 Å². The van der Waals surface area contributed by atoms with Crippen LogP contribution in [0.1, 0.15) is 63.7 Å². The number of carbonyl (C=O) groups is 1. The number of ether oxygens (including phenoxy) is 2. The molecule has 25 heavy (non-hydrogen) atoms. The molecule has 1 aromatic heterocycles. The normalized spacial score (nSPS) is 25.9. The Bertz CT molecular complexity index is 571. The minimum absolute atomic E-state index is 0.0308. The summed E-state index contributed by atoms with van der Waals surface area (Å²) >= 11 is 0. The minimum Gasteiger partial charge on any atom is -0.381 e. The van der Waals surface area contributed by atoms with E-state index in [1.54, 1.807) is 0 Å². The molecule has 2 aliphatic rings. The SMILES string of the molecule is CC(C)c1noc([C@H](NC(=O)N[C@H]2CCO[C@H]2C)C2CCOCC2)n1. The first-order valence-electron chi connectivity index (χ1n) is 9.14. The first-order valence-corrected chi connectivity index (χ1v) is 9.14. The highest BCUT2D eigenvalue weighted by Gasteiger charge is 2.33. The van der Waals surface area contributed by atoms with Crippen LogP contribution in [0.5, 0.6) is 0 Å². The van der Waals surface area contributed by atoms with Crippen molar-refractivity contribution in [3.63, 3.8) is 0 Å². The van der Waals surface area contributed by atoms with Crippen LogP contribution in [0.15, 0.2) is 4.52 Å². The predicted molar refractivity (Wildman–Crippen MR) is 90.2 cm³/mol. The summed E-state index contributed by atoms with van der Waals surface area (Å²) in [7, 11) is 0. The van der Waals surface area contributed by atoms with Crippen molar-refractivity contribution in [3.05, 3.63) is 11.7 Å². The molecule has 140 valence electrons. The van der Waals surface area contributed by atoms with Gasteiger partial charge in [-0.3, -0.25) is 0 Å². The highest BCUT2D eigenvalue weighted by atomic mass is 16.5. The number of nitrogens with zero attached hydrogens (tertiary/aromatic N) is 2. The Morgan fingerprint density at radius 1 is 1.20 bits per heavy atom. The third-order valence-electron chi connectivity index (χ3n) is 4.96. The molecule has 0 spiro atoms. The molecule has 2 saturated heterocycles. The van der Waals surface area contributed by atoms with Gasteiger partial charge in [0.15, 0.2) is 5.82 Å². The van der Waals surface area contributed by atoms with Crippen LogP contribution in [0.25, 0.3) is 0 Å². The fraction of sp³-hybridized carbons (Fsp3) is 0.824. The Morgan fingerprint density at radius 3 is 2.56 bits per heavy atom. The molecule has 2 aliphatic heterocycles. The number of aromatic nitrogens is 2. The summed E-state index contributed by atoms with van der Waals surface area (Å²) in [6.07, 6.45) is 2.57. The van der Waals surface area contributed by atoms with Gasteiger partial charge in [-0.05, 0) is 32.1 Å². The van der Waals surface area contributed by atoms with Crippen molar-refractivity contribution in [3.8, 4) is 0 Å². The molecule has 1 aromatic rings. The van der Waals surface area contributed by atoms with Crippen LogP contribution in [0.3, 0.4) is 0 Å². The summed E-state index contributed by atoms with van der Waals surface area (Å²) in [5, 5.41) is 10.1. The molecule has 8 heteroatoms. The Morgan fingerprint density at radius 2 is 1.96 bits per heavy atom. The molecular weight excluding hydrogens is 324 g/mol. The van der Waals surface area contributed by atoms with Gasteiger partial charge in [0.2, 0.25) is 5.89 Å². The van der Waals surface area contributed by atoms with Gasteiger partial charge in [0, 0.05) is 25.7 Å². The number of urea groups is 1. The van der Waals surface area contributed by atoms with E-state index in [1.807, 2.05) is 20.8 Å². The average Bonchev–Trinajstić information content (AvgIpc) is 3.23. The highest BCUT2D eigenvalue weighted by molar-refractivity contribution is 5.74. The van der Waals surface area contributed by atoms with E-state index >= 15 is 0 Å². The topological polar surface area (TPSA) is 98.5 Å². The van der Waals surface area contributed by atoms with Crippen LogP contribution in [-0.4, -0.2) is 48.1 Å². The van der Waals surface area contributed by atoms with Gasteiger partial charge in [-0.1, -0.05) is 19.0 Å². The number of rotatable bonds is 5. The lowest BCUT2D eigenvalue weighted by Crippen LogP contribution is -2.47. The lowest BCUT2D eigenvalue weighted by atomic mass is 9.91. The Kier molecular flexibility index (Phi) is 5.90. The fourth-order valence-corrected chi connectivity index (χ4v) is 3.31. The highest BCUT2D eigenvalue weighted by Crippen LogP contribution is 2.30. The van der Waals surface area contributed by atoms with E-state index < -0.39 is 0 Å². The molecule has 2 N–H and O–H groups in total. The maximum absolute atomic E-state index is 12.5. The second kappa shape index (κ2) is 8.14. The van der Waals surface area contributed by atoms with Gasteiger partial charge in [0.1, 0.15) is 6.04 Å². The molecule has 3 rings (SSSR count). The van der Waals surface area contributed by atoms with Crippen molar-refractivity contribution in [2.24, 2.45) is 5.92 Å². The summed E-state index contributed by atoms with van der Waals surface area (Å²) in [6.45, 7) is 8.05. The average molecular weight is 352 g/mol. The zero-order valence-electron chi connectivity index (χ0n) is 15.2. The van der Waals surface area contributed by atoms with Crippen LogP contribution >= 0.6 is 0 Å². The molecule has 0 aliphatic carbocycles. The quantitative estimate of drug-likeness (QED) is 0.842. The molecule has 0 unspecified atom stereocenters. The summed E-state index contributed by atoms with van der Waals surface area (Å²) in [5.41, 5.74) is 0. The van der Waals surface area contributed by atoms with Crippen molar-refractivity contribution in [1.82, 2.24) is 20.8 Å². The van der Waals surface area contributed by atoms with E-state index in [-0.39, 0.29) is 36.1 Å². The second-order valence-corrected chi connectivity index (χ2v) is 7.16. The number of hydrogen-bond acceptors (Lipinski definition) is 6. The standard InChI is InChI=1S/C17H28N4O4/c1-10(2)15-20-16(25-21-15)14(12-4-7-23-8-5-12)19-17(22)18-13-6-9-24-11(13)3/h10-14H,4-9H2,1-3H3,(H2,18,19,22)/t11-,13-,14+/m0/s1.